The van der Waals surface area contributed by atoms with Gasteiger partial charge in [0.15, 0.2) is 11.5 Å². The average Bonchev–Trinajstić information content (AvgIpc) is 2.42. The molecular formula is C14H20BrNO4. The molecule has 0 aromatic heterocycles. The summed E-state index contributed by atoms with van der Waals surface area (Å²) in [6.07, 6.45) is 0. The Morgan fingerprint density at radius 3 is 2.05 bits per heavy atom. The summed E-state index contributed by atoms with van der Waals surface area (Å²) < 4.78 is 15.2. The lowest BCUT2D eigenvalue weighted by molar-refractivity contribution is -0.122. The predicted molar refractivity (Wildman–Crippen MR) is 81.0 cm³/mol. The molecule has 1 rings (SSSR count). The number of hydrogen-bond acceptors (Lipinski definition) is 4. The molecule has 20 heavy (non-hydrogen) atoms. The molecule has 0 fully saturated rings. The molecular weight excluding hydrogens is 326 g/mol. The molecule has 0 bridgehead atoms. The van der Waals surface area contributed by atoms with Gasteiger partial charge in [0, 0.05) is 18.2 Å². The molecule has 0 saturated heterocycles. The van der Waals surface area contributed by atoms with E-state index in [9.17, 15) is 4.79 Å². The zero-order valence-electron chi connectivity index (χ0n) is 12.4. The lowest BCUT2D eigenvalue weighted by Crippen LogP contribution is -2.37. The Labute approximate surface area is 127 Å². The lowest BCUT2D eigenvalue weighted by Gasteiger charge is -2.18. The van der Waals surface area contributed by atoms with Crippen LogP contribution >= 0.6 is 15.9 Å². The number of rotatable bonds is 6. The highest BCUT2D eigenvalue weighted by molar-refractivity contribution is 9.10. The number of halogens is 1. The third kappa shape index (κ3) is 4.03. The summed E-state index contributed by atoms with van der Waals surface area (Å²) in [5.41, 5.74) is 0.815. The van der Waals surface area contributed by atoms with Crippen LogP contribution in [-0.2, 0) is 11.3 Å². The number of hydrogen-bond donors (Lipinski definition) is 1. The first-order valence-corrected chi connectivity index (χ1v) is 6.89. The smallest absolute Gasteiger partial charge is 0.236 e. The maximum atomic E-state index is 11.9. The molecule has 1 aromatic carbocycles. The molecule has 5 nitrogen and oxygen atoms in total. The molecule has 0 saturated carbocycles. The Morgan fingerprint density at radius 1 is 1.10 bits per heavy atom. The van der Waals surface area contributed by atoms with Gasteiger partial charge in [-0.2, -0.15) is 0 Å². The SMILES string of the molecule is COc1cc(OC)c(OC)cc1CNC(=O)C(C)(C)Br. The van der Waals surface area contributed by atoms with Crippen LogP contribution in [-0.4, -0.2) is 31.6 Å². The Kier molecular flexibility index (Phi) is 5.68. The second-order valence-electron chi connectivity index (χ2n) is 4.67. The van der Waals surface area contributed by atoms with Crippen LogP contribution in [0.1, 0.15) is 19.4 Å². The first-order chi connectivity index (χ1) is 9.33. The quantitative estimate of drug-likeness (QED) is 0.805. The molecule has 1 N–H and O–H groups in total. The van der Waals surface area contributed by atoms with Gasteiger partial charge in [-0.3, -0.25) is 4.79 Å². The molecule has 0 aliphatic heterocycles. The summed E-state index contributed by atoms with van der Waals surface area (Å²) in [7, 11) is 4.70. The van der Waals surface area contributed by atoms with Crippen LogP contribution in [0.3, 0.4) is 0 Å². The Hall–Kier alpha value is -1.43. The minimum Gasteiger partial charge on any atom is -0.496 e. The van der Waals surface area contributed by atoms with Gasteiger partial charge in [-0.25, -0.2) is 0 Å². The van der Waals surface area contributed by atoms with Crippen molar-refractivity contribution in [2.45, 2.75) is 24.7 Å². The molecule has 6 heteroatoms. The van der Waals surface area contributed by atoms with Crippen molar-refractivity contribution in [1.29, 1.82) is 0 Å². The van der Waals surface area contributed by atoms with Crippen molar-refractivity contribution < 1.29 is 19.0 Å². The maximum Gasteiger partial charge on any atom is 0.236 e. The van der Waals surface area contributed by atoms with Crippen molar-refractivity contribution in [3.8, 4) is 17.2 Å². The minimum atomic E-state index is -0.614. The van der Waals surface area contributed by atoms with Crippen molar-refractivity contribution in [3.05, 3.63) is 17.7 Å². The summed E-state index contributed by atoms with van der Waals surface area (Å²) in [6.45, 7) is 3.92. The van der Waals surface area contributed by atoms with E-state index in [1.54, 1.807) is 47.3 Å². The second kappa shape index (κ2) is 6.83. The average molecular weight is 346 g/mol. The van der Waals surface area contributed by atoms with Crippen LogP contribution in [0.15, 0.2) is 12.1 Å². The predicted octanol–water partition coefficient (Wildman–Crippen LogP) is 2.50. The van der Waals surface area contributed by atoms with E-state index < -0.39 is 4.32 Å². The van der Waals surface area contributed by atoms with Gasteiger partial charge in [-0.1, -0.05) is 15.9 Å². The van der Waals surface area contributed by atoms with Gasteiger partial charge in [0.05, 0.1) is 25.7 Å². The van der Waals surface area contributed by atoms with Crippen LogP contribution in [0.4, 0.5) is 0 Å². The molecule has 1 aromatic rings. The topological polar surface area (TPSA) is 56.8 Å². The van der Waals surface area contributed by atoms with Gasteiger partial charge in [0.2, 0.25) is 5.91 Å². The van der Waals surface area contributed by atoms with Crippen molar-refractivity contribution in [2.24, 2.45) is 0 Å². The highest BCUT2D eigenvalue weighted by Gasteiger charge is 2.23. The molecule has 0 atom stereocenters. The summed E-state index contributed by atoms with van der Waals surface area (Å²) in [4.78, 5) is 11.9. The van der Waals surface area contributed by atoms with E-state index in [1.807, 2.05) is 0 Å². The lowest BCUT2D eigenvalue weighted by atomic mass is 10.1. The van der Waals surface area contributed by atoms with E-state index in [2.05, 4.69) is 21.2 Å². The molecule has 0 unspecified atom stereocenters. The fourth-order valence-electron chi connectivity index (χ4n) is 1.62. The zero-order valence-corrected chi connectivity index (χ0v) is 14.0. The molecule has 0 heterocycles. The number of amides is 1. The molecule has 0 aliphatic rings. The number of carbonyl (C=O) groups excluding carboxylic acids is 1. The first kappa shape index (κ1) is 16.6. The van der Waals surface area contributed by atoms with Crippen LogP contribution in [0, 0.1) is 0 Å². The Balaban J connectivity index is 2.97. The Bertz CT molecular complexity index is 483. The van der Waals surface area contributed by atoms with E-state index in [-0.39, 0.29) is 5.91 Å². The monoisotopic (exact) mass is 345 g/mol. The van der Waals surface area contributed by atoms with Gasteiger partial charge < -0.3 is 19.5 Å². The summed E-state index contributed by atoms with van der Waals surface area (Å²) in [6, 6.07) is 3.53. The van der Waals surface area contributed by atoms with Gasteiger partial charge >= 0.3 is 0 Å². The standard InChI is InChI=1S/C14H20BrNO4/c1-14(2,15)13(17)16-8-9-6-11(19-4)12(20-5)7-10(9)18-3/h6-7H,8H2,1-5H3,(H,16,17). The van der Waals surface area contributed by atoms with Crippen molar-refractivity contribution in [3.63, 3.8) is 0 Å². The number of carbonyl (C=O) groups is 1. The van der Waals surface area contributed by atoms with Gasteiger partial charge in [-0.15, -0.1) is 0 Å². The number of alkyl halides is 1. The van der Waals surface area contributed by atoms with Gasteiger partial charge in [0.1, 0.15) is 5.75 Å². The van der Waals surface area contributed by atoms with Gasteiger partial charge in [0.25, 0.3) is 0 Å². The highest BCUT2D eigenvalue weighted by atomic mass is 79.9. The third-order valence-electron chi connectivity index (χ3n) is 2.77. The van der Waals surface area contributed by atoms with E-state index in [4.69, 9.17) is 14.2 Å². The number of benzene rings is 1. The molecule has 0 spiro atoms. The third-order valence-corrected chi connectivity index (χ3v) is 3.13. The first-order valence-electron chi connectivity index (χ1n) is 6.09. The van der Waals surface area contributed by atoms with Crippen LogP contribution in [0.25, 0.3) is 0 Å². The van der Waals surface area contributed by atoms with Crippen molar-refractivity contribution in [2.75, 3.05) is 21.3 Å². The largest absolute Gasteiger partial charge is 0.496 e. The Morgan fingerprint density at radius 2 is 1.60 bits per heavy atom. The molecule has 0 radical (unpaired) electrons. The zero-order chi connectivity index (χ0) is 15.3. The van der Waals surface area contributed by atoms with Crippen LogP contribution in [0.2, 0.25) is 0 Å². The normalized spacial score (nSPS) is 10.9. The second-order valence-corrected chi connectivity index (χ2v) is 6.66. The highest BCUT2D eigenvalue weighted by Crippen LogP contribution is 2.34. The summed E-state index contributed by atoms with van der Waals surface area (Å²) >= 11 is 3.32. The van der Waals surface area contributed by atoms with E-state index in [1.165, 1.54) is 0 Å². The van der Waals surface area contributed by atoms with Gasteiger partial charge in [-0.05, 0) is 19.9 Å². The number of ether oxygens (including phenoxy) is 3. The molecule has 112 valence electrons. The van der Waals surface area contributed by atoms with E-state index in [0.717, 1.165) is 5.56 Å². The fourth-order valence-corrected chi connectivity index (χ4v) is 1.76. The van der Waals surface area contributed by atoms with Crippen LogP contribution < -0.4 is 19.5 Å². The summed E-state index contributed by atoms with van der Waals surface area (Å²) in [5.74, 6) is 1.71. The molecule has 1 amide bonds. The van der Waals surface area contributed by atoms with Crippen molar-refractivity contribution in [1.82, 2.24) is 5.32 Å². The minimum absolute atomic E-state index is 0.102. The van der Waals surface area contributed by atoms with E-state index >= 15 is 0 Å². The molecule has 0 aliphatic carbocycles. The van der Waals surface area contributed by atoms with Crippen LogP contribution in [0.5, 0.6) is 17.2 Å². The van der Waals surface area contributed by atoms with Crippen molar-refractivity contribution >= 4 is 21.8 Å². The van der Waals surface area contributed by atoms with E-state index in [0.29, 0.717) is 23.8 Å². The summed E-state index contributed by atoms with van der Waals surface area (Å²) in [5, 5.41) is 2.84. The fraction of sp³-hybridized carbons (Fsp3) is 0.500. The number of nitrogens with one attached hydrogen (secondary N) is 1. The maximum absolute atomic E-state index is 11.9. The number of methoxy groups -OCH3 is 3.